The van der Waals surface area contributed by atoms with Crippen molar-refractivity contribution in [3.8, 4) is 0 Å². The van der Waals surface area contributed by atoms with Gasteiger partial charge < -0.3 is 10.5 Å². The minimum Gasteiger partial charge on any atom is -0.377 e. The molecule has 0 aliphatic carbocycles. The van der Waals surface area contributed by atoms with Crippen LogP contribution in [-0.4, -0.2) is 13.2 Å². The van der Waals surface area contributed by atoms with Crippen molar-refractivity contribution < 1.29 is 4.74 Å². The van der Waals surface area contributed by atoms with Gasteiger partial charge in [-0.3, -0.25) is 0 Å². The van der Waals surface area contributed by atoms with Crippen molar-refractivity contribution in [3.63, 3.8) is 0 Å². The summed E-state index contributed by atoms with van der Waals surface area (Å²) in [6.07, 6.45) is 1.86. The Morgan fingerprint density at radius 2 is 1.93 bits per heavy atom. The molecule has 2 N–H and O–H groups in total. The second-order valence-corrected chi connectivity index (χ2v) is 2.95. The van der Waals surface area contributed by atoms with Gasteiger partial charge in [0.25, 0.3) is 0 Å². The van der Waals surface area contributed by atoms with Crippen LogP contribution in [0.5, 0.6) is 0 Å². The molecular formula is C13H21NO. The summed E-state index contributed by atoms with van der Waals surface area (Å²) in [6.45, 7) is 9.83. The maximum atomic E-state index is 5.31. The number of hydrogen-bond donors (Lipinski definition) is 1. The molecule has 0 aromatic heterocycles. The van der Waals surface area contributed by atoms with Crippen molar-refractivity contribution in [1.29, 1.82) is 0 Å². The molecule has 15 heavy (non-hydrogen) atoms. The first-order chi connectivity index (χ1) is 7.29. The number of ether oxygens (including phenoxy) is 1. The summed E-state index contributed by atoms with van der Waals surface area (Å²) in [5, 5.41) is 0. The Balaban J connectivity index is 0.000000583. The van der Waals surface area contributed by atoms with Crippen molar-refractivity contribution >= 4 is 6.08 Å². The van der Waals surface area contributed by atoms with Crippen molar-refractivity contribution in [2.24, 2.45) is 5.73 Å². The molecule has 0 aliphatic rings. The second kappa shape index (κ2) is 9.44. The van der Waals surface area contributed by atoms with Gasteiger partial charge in [-0.1, -0.05) is 43.8 Å². The molecule has 0 heterocycles. The van der Waals surface area contributed by atoms with Gasteiger partial charge >= 0.3 is 0 Å². The third-order valence-electron chi connectivity index (χ3n) is 1.74. The molecule has 2 nitrogen and oxygen atoms in total. The minimum atomic E-state index is 0.679. The second-order valence-electron chi connectivity index (χ2n) is 2.95. The third kappa shape index (κ3) is 6.05. The Labute approximate surface area is 92.8 Å². The molecule has 0 atom stereocenters. The first-order valence-corrected chi connectivity index (χ1v) is 5.28. The summed E-state index contributed by atoms with van der Waals surface area (Å²) in [5.41, 5.74) is 7.21. The number of nitrogens with two attached hydrogens (primary N) is 1. The van der Waals surface area contributed by atoms with Gasteiger partial charge in [-0.2, -0.15) is 0 Å². The average Bonchev–Trinajstić information content (AvgIpc) is 2.28. The summed E-state index contributed by atoms with van der Waals surface area (Å²) in [5.74, 6) is 0. The first kappa shape index (κ1) is 13.9. The van der Waals surface area contributed by atoms with Gasteiger partial charge in [-0.25, -0.2) is 0 Å². The Morgan fingerprint density at radius 1 is 1.33 bits per heavy atom. The molecule has 0 aliphatic heterocycles. The zero-order chi connectivity index (χ0) is 11.5. The SMILES string of the molecule is C=Cc1ccccc1COCC.CCN. The lowest BCUT2D eigenvalue weighted by molar-refractivity contribution is 0.134. The van der Waals surface area contributed by atoms with Crippen LogP contribution in [0.2, 0.25) is 0 Å². The number of rotatable bonds is 4. The van der Waals surface area contributed by atoms with Gasteiger partial charge in [0, 0.05) is 6.61 Å². The molecule has 0 amide bonds. The lowest BCUT2D eigenvalue weighted by atomic mass is 10.1. The minimum absolute atomic E-state index is 0.679. The maximum Gasteiger partial charge on any atom is 0.0722 e. The average molecular weight is 207 g/mol. The summed E-state index contributed by atoms with van der Waals surface area (Å²) in [6, 6.07) is 8.13. The van der Waals surface area contributed by atoms with Gasteiger partial charge in [0.1, 0.15) is 0 Å². The topological polar surface area (TPSA) is 35.2 Å². The largest absolute Gasteiger partial charge is 0.377 e. The first-order valence-electron chi connectivity index (χ1n) is 5.28. The summed E-state index contributed by atoms with van der Waals surface area (Å²) in [7, 11) is 0. The fourth-order valence-electron chi connectivity index (χ4n) is 1.08. The van der Waals surface area contributed by atoms with E-state index in [1.807, 2.05) is 38.1 Å². The Hall–Kier alpha value is -1.12. The van der Waals surface area contributed by atoms with Crippen LogP contribution in [0, 0.1) is 0 Å². The van der Waals surface area contributed by atoms with E-state index in [2.05, 4.69) is 12.6 Å². The summed E-state index contributed by atoms with van der Waals surface area (Å²) >= 11 is 0. The van der Waals surface area contributed by atoms with E-state index in [-0.39, 0.29) is 0 Å². The predicted molar refractivity (Wildman–Crippen MR) is 66.6 cm³/mol. The van der Waals surface area contributed by atoms with Crippen LogP contribution >= 0.6 is 0 Å². The highest BCUT2D eigenvalue weighted by molar-refractivity contribution is 5.51. The van der Waals surface area contributed by atoms with E-state index in [4.69, 9.17) is 10.5 Å². The molecule has 0 radical (unpaired) electrons. The maximum absolute atomic E-state index is 5.31. The van der Waals surface area contributed by atoms with Crippen molar-refractivity contribution in [2.75, 3.05) is 13.2 Å². The summed E-state index contributed by atoms with van der Waals surface area (Å²) in [4.78, 5) is 0. The van der Waals surface area contributed by atoms with Crippen molar-refractivity contribution in [3.05, 3.63) is 42.0 Å². The Bertz CT molecular complexity index is 271. The zero-order valence-electron chi connectivity index (χ0n) is 9.70. The fourth-order valence-corrected chi connectivity index (χ4v) is 1.08. The van der Waals surface area contributed by atoms with Gasteiger partial charge in [0.05, 0.1) is 6.61 Å². The van der Waals surface area contributed by atoms with Crippen LogP contribution in [0.1, 0.15) is 25.0 Å². The van der Waals surface area contributed by atoms with E-state index in [1.165, 1.54) is 5.56 Å². The van der Waals surface area contributed by atoms with Crippen LogP contribution in [0.4, 0.5) is 0 Å². The molecular weight excluding hydrogens is 186 g/mol. The van der Waals surface area contributed by atoms with E-state index < -0.39 is 0 Å². The molecule has 0 unspecified atom stereocenters. The van der Waals surface area contributed by atoms with Crippen LogP contribution in [0.3, 0.4) is 0 Å². The normalized spacial score (nSPS) is 9.00. The van der Waals surface area contributed by atoms with Crippen LogP contribution in [0.15, 0.2) is 30.8 Å². The molecule has 0 bridgehead atoms. The van der Waals surface area contributed by atoms with Gasteiger partial charge in [-0.05, 0) is 24.6 Å². The van der Waals surface area contributed by atoms with E-state index in [9.17, 15) is 0 Å². The molecule has 0 fully saturated rings. The molecule has 1 aromatic rings. The molecule has 2 heteroatoms. The molecule has 0 spiro atoms. The molecule has 0 saturated carbocycles. The van der Waals surface area contributed by atoms with E-state index in [0.29, 0.717) is 6.61 Å². The van der Waals surface area contributed by atoms with Gasteiger partial charge in [0.2, 0.25) is 0 Å². The van der Waals surface area contributed by atoms with Crippen LogP contribution in [-0.2, 0) is 11.3 Å². The smallest absolute Gasteiger partial charge is 0.0722 e. The van der Waals surface area contributed by atoms with Gasteiger partial charge in [-0.15, -0.1) is 0 Å². The van der Waals surface area contributed by atoms with E-state index in [0.717, 1.165) is 18.7 Å². The lowest BCUT2D eigenvalue weighted by Gasteiger charge is -2.04. The van der Waals surface area contributed by atoms with Crippen molar-refractivity contribution in [2.45, 2.75) is 20.5 Å². The standard InChI is InChI=1S/C11H14O.C2H7N/c1-3-10-7-5-6-8-11(10)9-12-4-2;1-2-3/h3,5-8H,1,4,9H2,2H3;2-3H2,1H3. The molecule has 84 valence electrons. The lowest BCUT2D eigenvalue weighted by Crippen LogP contribution is -1.93. The van der Waals surface area contributed by atoms with Crippen LogP contribution in [0.25, 0.3) is 6.08 Å². The number of hydrogen-bond acceptors (Lipinski definition) is 2. The van der Waals surface area contributed by atoms with E-state index >= 15 is 0 Å². The molecule has 1 rings (SSSR count). The Kier molecular flexibility index (Phi) is 8.73. The number of benzene rings is 1. The Morgan fingerprint density at radius 3 is 2.47 bits per heavy atom. The quantitative estimate of drug-likeness (QED) is 0.824. The summed E-state index contributed by atoms with van der Waals surface area (Å²) < 4.78 is 5.31. The van der Waals surface area contributed by atoms with Crippen molar-refractivity contribution in [1.82, 2.24) is 0 Å². The van der Waals surface area contributed by atoms with E-state index in [1.54, 1.807) is 0 Å². The highest BCUT2D eigenvalue weighted by Crippen LogP contribution is 2.10. The highest BCUT2D eigenvalue weighted by atomic mass is 16.5. The fraction of sp³-hybridized carbons (Fsp3) is 0.385. The monoisotopic (exact) mass is 207 g/mol. The van der Waals surface area contributed by atoms with Gasteiger partial charge in [0.15, 0.2) is 0 Å². The van der Waals surface area contributed by atoms with Crippen LogP contribution < -0.4 is 5.73 Å². The predicted octanol–water partition coefficient (Wildman–Crippen LogP) is 2.83. The molecule has 0 saturated heterocycles. The molecule has 1 aromatic carbocycles. The highest BCUT2D eigenvalue weighted by Gasteiger charge is 1.96. The third-order valence-corrected chi connectivity index (χ3v) is 1.74. The zero-order valence-corrected chi connectivity index (χ0v) is 9.70.